The van der Waals surface area contributed by atoms with Gasteiger partial charge in [0.1, 0.15) is 5.82 Å². The fourth-order valence-electron chi connectivity index (χ4n) is 2.91. The number of hydrogen-bond acceptors (Lipinski definition) is 4. The Morgan fingerprint density at radius 1 is 0.966 bits per heavy atom. The second-order valence-corrected chi connectivity index (χ2v) is 6.91. The van der Waals surface area contributed by atoms with Gasteiger partial charge in [0.2, 0.25) is 11.8 Å². The van der Waals surface area contributed by atoms with Crippen LogP contribution in [0.2, 0.25) is 0 Å². The summed E-state index contributed by atoms with van der Waals surface area (Å²) in [5.41, 5.74) is 1.80. The van der Waals surface area contributed by atoms with Gasteiger partial charge >= 0.3 is 0 Å². The number of nitrogens with one attached hydrogen (secondary N) is 3. The number of likely N-dealkylation sites (N-methyl/N-ethyl adjacent to an activating group) is 1. The lowest BCUT2D eigenvalue weighted by atomic mass is 10.1. The number of amides is 3. The van der Waals surface area contributed by atoms with E-state index < -0.39 is 0 Å². The lowest BCUT2D eigenvalue weighted by molar-refractivity contribution is -0.115. The smallest absolute Gasteiger partial charge is 0.251 e. The van der Waals surface area contributed by atoms with Crippen molar-refractivity contribution < 1.29 is 18.8 Å². The molecule has 0 aliphatic rings. The molecule has 3 N–H and O–H groups in total. The topological polar surface area (TPSA) is 90.5 Å². The van der Waals surface area contributed by atoms with Crippen molar-refractivity contribution in [2.45, 2.75) is 19.9 Å². The fourth-order valence-corrected chi connectivity index (χ4v) is 2.91. The fraction of sp³-hybridized carbons (Fsp3) is 0.286. The Hall–Kier alpha value is -3.26. The van der Waals surface area contributed by atoms with Gasteiger partial charge in [-0.3, -0.25) is 14.4 Å². The van der Waals surface area contributed by atoms with Crippen molar-refractivity contribution in [3.63, 3.8) is 0 Å². The molecule has 0 saturated carbocycles. The summed E-state index contributed by atoms with van der Waals surface area (Å²) < 4.78 is 13.6. The molecule has 2 rings (SSSR count). The minimum absolute atomic E-state index is 0.233. The first-order chi connectivity index (χ1) is 13.7. The van der Waals surface area contributed by atoms with Crippen LogP contribution in [0.25, 0.3) is 0 Å². The van der Waals surface area contributed by atoms with E-state index in [1.807, 2.05) is 19.0 Å². The summed E-state index contributed by atoms with van der Waals surface area (Å²) in [5.74, 6) is -1.32. The third kappa shape index (κ3) is 6.69. The van der Waals surface area contributed by atoms with Crippen LogP contribution < -0.4 is 16.0 Å². The van der Waals surface area contributed by atoms with Gasteiger partial charge in [-0.05, 0) is 50.0 Å². The van der Waals surface area contributed by atoms with Crippen molar-refractivity contribution in [3.05, 3.63) is 59.4 Å². The third-order valence-electron chi connectivity index (χ3n) is 4.15. The SMILES string of the molecule is CC(=O)Nc1cc(NC(C)=O)cc(C(=O)NC[C@@H](c2cccc(F)c2)N(C)C)c1. The second-order valence-electron chi connectivity index (χ2n) is 6.91. The van der Waals surface area contributed by atoms with E-state index >= 15 is 0 Å². The lowest BCUT2D eigenvalue weighted by Crippen LogP contribution is -2.34. The first-order valence-corrected chi connectivity index (χ1v) is 9.06. The number of hydrogen-bond donors (Lipinski definition) is 3. The Morgan fingerprint density at radius 3 is 2.03 bits per heavy atom. The molecule has 8 heteroatoms. The van der Waals surface area contributed by atoms with E-state index in [0.29, 0.717) is 11.4 Å². The maximum atomic E-state index is 13.6. The predicted octanol–water partition coefficient (Wildman–Crippen LogP) is 2.78. The summed E-state index contributed by atoms with van der Waals surface area (Å²) >= 11 is 0. The molecule has 0 bridgehead atoms. The van der Waals surface area contributed by atoms with Gasteiger partial charge in [-0.1, -0.05) is 12.1 Å². The van der Waals surface area contributed by atoms with E-state index in [1.54, 1.807) is 18.2 Å². The second kappa shape index (κ2) is 9.79. The summed E-state index contributed by atoms with van der Waals surface area (Å²) in [7, 11) is 3.68. The Labute approximate surface area is 169 Å². The molecule has 0 unspecified atom stereocenters. The summed E-state index contributed by atoms with van der Waals surface area (Å²) in [6.07, 6.45) is 0. The van der Waals surface area contributed by atoms with Gasteiger partial charge in [0, 0.05) is 37.3 Å². The molecule has 0 spiro atoms. The number of halogens is 1. The maximum Gasteiger partial charge on any atom is 0.251 e. The zero-order chi connectivity index (χ0) is 21.6. The molecule has 7 nitrogen and oxygen atoms in total. The van der Waals surface area contributed by atoms with E-state index in [9.17, 15) is 18.8 Å². The van der Waals surface area contributed by atoms with Crippen molar-refractivity contribution in [3.8, 4) is 0 Å². The van der Waals surface area contributed by atoms with E-state index in [2.05, 4.69) is 16.0 Å². The largest absolute Gasteiger partial charge is 0.350 e. The Kier molecular flexibility index (Phi) is 7.44. The zero-order valence-corrected chi connectivity index (χ0v) is 16.9. The zero-order valence-electron chi connectivity index (χ0n) is 16.9. The van der Waals surface area contributed by atoms with E-state index in [0.717, 1.165) is 5.56 Å². The molecule has 0 fully saturated rings. The van der Waals surface area contributed by atoms with Crippen molar-refractivity contribution in [1.82, 2.24) is 10.2 Å². The summed E-state index contributed by atoms with van der Waals surface area (Å²) in [5, 5.41) is 8.05. The molecular formula is C21H25FN4O3. The van der Waals surface area contributed by atoms with E-state index in [1.165, 1.54) is 38.1 Å². The maximum absolute atomic E-state index is 13.6. The van der Waals surface area contributed by atoms with Gasteiger partial charge in [-0.2, -0.15) is 0 Å². The molecule has 0 aliphatic heterocycles. The van der Waals surface area contributed by atoms with Crippen molar-refractivity contribution in [2.24, 2.45) is 0 Å². The highest BCUT2D eigenvalue weighted by molar-refractivity contribution is 5.99. The van der Waals surface area contributed by atoms with Crippen LogP contribution in [0.5, 0.6) is 0 Å². The van der Waals surface area contributed by atoms with Crippen LogP contribution in [0.1, 0.15) is 35.8 Å². The minimum Gasteiger partial charge on any atom is -0.350 e. The molecular weight excluding hydrogens is 375 g/mol. The molecule has 0 heterocycles. The normalized spacial score (nSPS) is 11.7. The van der Waals surface area contributed by atoms with Gasteiger partial charge in [-0.15, -0.1) is 0 Å². The Balaban J connectivity index is 2.21. The highest BCUT2D eigenvalue weighted by Crippen LogP contribution is 2.21. The van der Waals surface area contributed by atoms with Gasteiger partial charge in [0.05, 0.1) is 6.04 Å². The van der Waals surface area contributed by atoms with Crippen LogP contribution in [-0.2, 0) is 9.59 Å². The summed E-state index contributed by atoms with van der Waals surface area (Å²) in [4.78, 5) is 37.3. The molecule has 0 radical (unpaired) electrons. The number of carbonyl (C=O) groups excluding carboxylic acids is 3. The quantitative estimate of drug-likeness (QED) is 0.667. The lowest BCUT2D eigenvalue weighted by Gasteiger charge is -2.25. The summed E-state index contributed by atoms with van der Waals surface area (Å²) in [6, 6.07) is 10.6. The molecule has 154 valence electrons. The van der Waals surface area contributed by atoms with Crippen LogP contribution in [0.4, 0.5) is 15.8 Å². The van der Waals surface area contributed by atoms with Crippen LogP contribution in [0.15, 0.2) is 42.5 Å². The van der Waals surface area contributed by atoms with Gasteiger partial charge in [-0.25, -0.2) is 4.39 Å². The third-order valence-corrected chi connectivity index (χ3v) is 4.15. The van der Waals surface area contributed by atoms with Crippen molar-refractivity contribution >= 4 is 29.1 Å². The highest BCUT2D eigenvalue weighted by Gasteiger charge is 2.17. The van der Waals surface area contributed by atoms with E-state index in [4.69, 9.17) is 0 Å². The van der Waals surface area contributed by atoms with Crippen LogP contribution in [0.3, 0.4) is 0 Å². The van der Waals surface area contributed by atoms with Crippen molar-refractivity contribution in [2.75, 3.05) is 31.3 Å². The predicted molar refractivity (Wildman–Crippen MR) is 110 cm³/mol. The first-order valence-electron chi connectivity index (χ1n) is 9.06. The highest BCUT2D eigenvalue weighted by atomic mass is 19.1. The van der Waals surface area contributed by atoms with Crippen LogP contribution >= 0.6 is 0 Å². The number of carbonyl (C=O) groups is 3. The molecule has 0 aliphatic carbocycles. The summed E-state index contributed by atoms with van der Waals surface area (Å²) in [6.45, 7) is 2.95. The molecule has 0 aromatic heterocycles. The molecule has 0 saturated heterocycles. The molecule has 29 heavy (non-hydrogen) atoms. The average Bonchev–Trinajstić information content (AvgIpc) is 2.60. The first kappa shape index (κ1) is 22.0. The monoisotopic (exact) mass is 400 g/mol. The number of benzene rings is 2. The number of anilines is 2. The van der Waals surface area contributed by atoms with E-state index in [-0.39, 0.29) is 41.7 Å². The standard InChI is InChI=1S/C21H25FN4O3/c1-13(27)24-18-9-16(10-19(11-18)25-14(2)28)21(29)23-12-20(26(3)4)15-6-5-7-17(22)8-15/h5-11,20H,12H2,1-4H3,(H,23,29)(H,24,27)(H,25,28)/t20-/m0/s1. The number of nitrogens with zero attached hydrogens (tertiary/aromatic N) is 1. The van der Waals surface area contributed by atoms with Gasteiger partial charge in [0.25, 0.3) is 5.91 Å². The van der Waals surface area contributed by atoms with Gasteiger partial charge < -0.3 is 20.9 Å². The van der Waals surface area contributed by atoms with Crippen LogP contribution in [-0.4, -0.2) is 43.3 Å². The number of rotatable bonds is 7. The Bertz CT molecular complexity index is 880. The minimum atomic E-state index is -0.382. The molecule has 2 aromatic carbocycles. The Morgan fingerprint density at radius 2 is 1.55 bits per heavy atom. The van der Waals surface area contributed by atoms with Gasteiger partial charge in [0.15, 0.2) is 0 Å². The molecule has 2 aromatic rings. The average molecular weight is 400 g/mol. The molecule has 1 atom stereocenters. The van der Waals surface area contributed by atoms with Crippen LogP contribution in [0, 0.1) is 5.82 Å². The van der Waals surface area contributed by atoms with Crippen molar-refractivity contribution in [1.29, 1.82) is 0 Å². The molecule has 3 amide bonds.